The first-order valence-electron chi connectivity index (χ1n) is 8.90. The Morgan fingerprint density at radius 3 is 2.70 bits per heavy atom. The molecule has 1 aliphatic heterocycles. The Hall–Kier alpha value is -2.15. The summed E-state index contributed by atoms with van der Waals surface area (Å²) >= 11 is 5.90. The average molecular weight is 396 g/mol. The maximum absolute atomic E-state index is 13.1. The van der Waals surface area contributed by atoms with Gasteiger partial charge in [-0.2, -0.15) is 0 Å². The molecule has 0 radical (unpaired) electrons. The molecule has 2 unspecified atom stereocenters. The minimum absolute atomic E-state index is 0.0416. The fourth-order valence-corrected chi connectivity index (χ4v) is 4.79. The van der Waals surface area contributed by atoms with Crippen LogP contribution in [0, 0.1) is 17.2 Å². The second kappa shape index (κ2) is 6.78. The van der Waals surface area contributed by atoms with Crippen LogP contribution < -0.4 is 10.6 Å². The van der Waals surface area contributed by atoms with Gasteiger partial charge in [-0.3, -0.25) is 14.5 Å². The van der Waals surface area contributed by atoms with Gasteiger partial charge >= 0.3 is 6.03 Å². The number of benzene rings is 1. The molecule has 2 N–H and O–H groups in total. The predicted molar refractivity (Wildman–Crippen MR) is 99.8 cm³/mol. The summed E-state index contributed by atoms with van der Waals surface area (Å²) in [5, 5.41) is 5.38. The molecule has 3 rings (SSSR count). The van der Waals surface area contributed by atoms with Crippen LogP contribution in [0.15, 0.2) is 18.2 Å². The van der Waals surface area contributed by atoms with Crippen LogP contribution in [-0.4, -0.2) is 34.8 Å². The molecule has 1 aliphatic carbocycles. The SMILES string of the molecule is CC1CC(C)(C)CC2(C1)NC(=O)N(CC(=O)Nc1ccc(F)cc1Cl)C2=O. The quantitative estimate of drug-likeness (QED) is 0.768. The van der Waals surface area contributed by atoms with Gasteiger partial charge in [0.1, 0.15) is 17.9 Å². The Morgan fingerprint density at radius 2 is 2.07 bits per heavy atom. The minimum Gasteiger partial charge on any atom is -0.323 e. The summed E-state index contributed by atoms with van der Waals surface area (Å²) in [7, 11) is 0. The van der Waals surface area contributed by atoms with Crippen molar-refractivity contribution >= 4 is 35.1 Å². The van der Waals surface area contributed by atoms with Gasteiger partial charge in [0.05, 0.1) is 10.7 Å². The number of imide groups is 1. The third kappa shape index (κ3) is 3.93. The van der Waals surface area contributed by atoms with Gasteiger partial charge in [0.2, 0.25) is 5.91 Å². The van der Waals surface area contributed by atoms with Crippen molar-refractivity contribution in [3.63, 3.8) is 0 Å². The molecule has 8 heteroatoms. The fraction of sp³-hybridized carbons (Fsp3) is 0.526. The van der Waals surface area contributed by atoms with Crippen LogP contribution in [0.25, 0.3) is 0 Å². The first kappa shape index (κ1) is 19.6. The van der Waals surface area contributed by atoms with Crippen LogP contribution in [-0.2, 0) is 9.59 Å². The van der Waals surface area contributed by atoms with Gasteiger partial charge in [-0.15, -0.1) is 0 Å². The second-order valence-electron chi connectivity index (χ2n) is 8.43. The number of halogens is 2. The number of hydrogen-bond donors (Lipinski definition) is 2. The molecule has 1 aromatic carbocycles. The van der Waals surface area contributed by atoms with E-state index in [1.54, 1.807) is 0 Å². The standard InChI is InChI=1S/C19H23ClFN3O3/c1-11-7-18(2,3)10-19(8-11)16(26)24(17(27)23-19)9-15(25)22-14-5-4-12(21)6-13(14)20/h4-6,11H,7-10H2,1-3H3,(H,22,25)(H,23,27). The molecular weight excluding hydrogens is 373 g/mol. The summed E-state index contributed by atoms with van der Waals surface area (Å²) < 4.78 is 13.1. The van der Waals surface area contributed by atoms with Gasteiger partial charge < -0.3 is 10.6 Å². The molecule has 4 amide bonds. The van der Waals surface area contributed by atoms with Crippen molar-refractivity contribution in [2.45, 2.75) is 45.6 Å². The van der Waals surface area contributed by atoms with Gasteiger partial charge in [0.25, 0.3) is 5.91 Å². The number of nitrogens with zero attached hydrogens (tertiary/aromatic N) is 1. The number of rotatable bonds is 3. The number of nitrogens with one attached hydrogen (secondary N) is 2. The second-order valence-corrected chi connectivity index (χ2v) is 8.84. The van der Waals surface area contributed by atoms with Crippen molar-refractivity contribution < 1.29 is 18.8 Å². The Kier molecular flexibility index (Phi) is 4.93. The Balaban J connectivity index is 1.73. The zero-order valence-electron chi connectivity index (χ0n) is 15.6. The van der Waals surface area contributed by atoms with E-state index in [1.807, 2.05) is 0 Å². The van der Waals surface area contributed by atoms with Crippen LogP contribution >= 0.6 is 11.6 Å². The van der Waals surface area contributed by atoms with Gasteiger partial charge in [-0.25, -0.2) is 9.18 Å². The lowest BCUT2D eigenvalue weighted by molar-refractivity contribution is -0.136. The third-order valence-corrected chi connectivity index (χ3v) is 5.44. The number of anilines is 1. The molecule has 6 nitrogen and oxygen atoms in total. The minimum atomic E-state index is -0.952. The molecule has 0 bridgehead atoms. The summed E-state index contributed by atoms with van der Waals surface area (Å²) in [4.78, 5) is 38.7. The topological polar surface area (TPSA) is 78.5 Å². The zero-order valence-corrected chi connectivity index (χ0v) is 16.3. The van der Waals surface area contributed by atoms with Crippen molar-refractivity contribution in [1.29, 1.82) is 0 Å². The Labute approximate surface area is 162 Å². The number of carbonyl (C=O) groups excluding carboxylic acids is 3. The molecular formula is C19H23ClFN3O3. The van der Waals surface area contributed by atoms with E-state index in [0.717, 1.165) is 23.5 Å². The van der Waals surface area contributed by atoms with Crippen LogP contribution in [0.4, 0.5) is 14.9 Å². The lowest BCUT2D eigenvalue weighted by atomic mass is 9.64. The highest BCUT2D eigenvalue weighted by Gasteiger charge is 2.56. The summed E-state index contributed by atoms with van der Waals surface area (Å²) in [6.07, 6.45) is 2.07. The van der Waals surface area contributed by atoms with Crippen molar-refractivity contribution in [1.82, 2.24) is 10.2 Å². The molecule has 1 aromatic rings. The number of carbonyl (C=O) groups is 3. The van der Waals surface area contributed by atoms with Crippen molar-refractivity contribution in [2.24, 2.45) is 11.3 Å². The van der Waals surface area contributed by atoms with Gasteiger partial charge in [0, 0.05) is 0 Å². The van der Waals surface area contributed by atoms with Crippen LogP contribution in [0.3, 0.4) is 0 Å². The number of hydrogen-bond acceptors (Lipinski definition) is 3. The van der Waals surface area contributed by atoms with Crippen LogP contribution in [0.1, 0.15) is 40.0 Å². The van der Waals surface area contributed by atoms with E-state index in [9.17, 15) is 18.8 Å². The molecule has 1 saturated carbocycles. The molecule has 146 valence electrons. The first-order chi connectivity index (χ1) is 12.5. The highest BCUT2D eigenvalue weighted by Crippen LogP contribution is 2.46. The molecule has 0 aromatic heterocycles. The van der Waals surface area contributed by atoms with Gasteiger partial charge in [-0.05, 0) is 48.8 Å². The number of urea groups is 1. The summed E-state index contributed by atoms with van der Waals surface area (Å²) in [6, 6.07) is 3.00. The molecule has 27 heavy (non-hydrogen) atoms. The zero-order chi connectivity index (χ0) is 20.0. The van der Waals surface area contributed by atoms with E-state index in [2.05, 4.69) is 31.4 Å². The normalized spacial score (nSPS) is 27.0. The van der Waals surface area contributed by atoms with Gasteiger partial charge in [-0.1, -0.05) is 32.4 Å². The predicted octanol–water partition coefficient (Wildman–Crippen LogP) is 3.55. The first-order valence-corrected chi connectivity index (χ1v) is 9.28. The average Bonchev–Trinajstić information content (AvgIpc) is 2.72. The molecule has 1 heterocycles. The largest absolute Gasteiger partial charge is 0.325 e. The highest BCUT2D eigenvalue weighted by molar-refractivity contribution is 6.33. The fourth-order valence-electron chi connectivity index (χ4n) is 4.57. The smallest absolute Gasteiger partial charge is 0.323 e. The van der Waals surface area contributed by atoms with Crippen molar-refractivity contribution in [3.8, 4) is 0 Å². The third-order valence-electron chi connectivity index (χ3n) is 5.13. The summed E-state index contributed by atoms with van der Waals surface area (Å²) in [6.45, 7) is 5.80. The lowest BCUT2D eigenvalue weighted by Crippen LogP contribution is -2.54. The van der Waals surface area contributed by atoms with E-state index in [4.69, 9.17) is 11.6 Å². The van der Waals surface area contributed by atoms with E-state index in [1.165, 1.54) is 6.07 Å². The van der Waals surface area contributed by atoms with E-state index in [-0.39, 0.29) is 28.0 Å². The van der Waals surface area contributed by atoms with Crippen molar-refractivity contribution in [3.05, 3.63) is 29.0 Å². The molecule has 1 saturated heterocycles. The highest BCUT2D eigenvalue weighted by atomic mass is 35.5. The van der Waals surface area contributed by atoms with E-state index in [0.29, 0.717) is 12.8 Å². The van der Waals surface area contributed by atoms with Crippen molar-refractivity contribution in [2.75, 3.05) is 11.9 Å². The molecule has 1 spiro atoms. The number of amides is 4. The summed E-state index contributed by atoms with van der Waals surface area (Å²) in [5.41, 5.74) is -0.815. The van der Waals surface area contributed by atoms with Crippen LogP contribution in [0.5, 0.6) is 0 Å². The lowest BCUT2D eigenvalue weighted by Gasteiger charge is -2.43. The maximum Gasteiger partial charge on any atom is 0.325 e. The molecule has 2 fully saturated rings. The Morgan fingerprint density at radius 1 is 1.37 bits per heavy atom. The van der Waals surface area contributed by atoms with Crippen LogP contribution in [0.2, 0.25) is 5.02 Å². The van der Waals surface area contributed by atoms with E-state index >= 15 is 0 Å². The monoisotopic (exact) mass is 395 g/mol. The van der Waals surface area contributed by atoms with E-state index < -0.39 is 29.8 Å². The summed E-state index contributed by atoms with van der Waals surface area (Å²) in [5.74, 6) is -1.19. The molecule has 2 atom stereocenters. The maximum atomic E-state index is 13.1. The Bertz CT molecular complexity index is 813. The van der Waals surface area contributed by atoms with Gasteiger partial charge in [0.15, 0.2) is 0 Å². The molecule has 2 aliphatic rings.